The lowest BCUT2D eigenvalue weighted by molar-refractivity contribution is -0.117. The van der Waals surface area contributed by atoms with Gasteiger partial charge in [-0.25, -0.2) is 0 Å². The van der Waals surface area contributed by atoms with Crippen molar-refractivity contribution in [2.24, 2.45) is 0 Å². The van der Waals surface area contributed by atoms with Crippen LogP contribution in [0.2, 0.25) is 0 Å². The number of rotatable bonds is 0. The summed E-state index contributed by atoms with van der Waals surface area (Å²) in [5.74, 6) is 0.0366. The predicted octanol–water partition coefficient (Wildman–Crippen LogP) is 4.48. The van der Waals surface area contributed by atoms with Gasteiger partial charge in [-0.2, -0.15) is 4.79 Å². The summed E-state index contributed by atoms with van der Waals surface area (Å²) >= 11 is 0. The van der Waals surface area contributed by atoms with E-state index in [2.05, 4.69) is 16.9 Å². The molecule has 3 heteroatoms. The van der Waals surface area contributed by atoms with Crippen molar-refractivity contribution >= 4 is 11.5 Å². The van der Waals surface area contributed by atoms with Crippen LogP contribution < -0.4 is 0 Å². The fraction of sp³-hybridized carbons (Fsp3) is 0.750. The second-order valence-electron chi connectivity index (χ2n) is 5.35. The summed E-state index contributed by atoms with van der Waals surface area (Å²) < 4.78 is 0. The average molecular weight is 262 g/mol. The Labute approximate surface area is 116 Å². The van der Waals surface area contributed by atoms with Crippen molar-refractivity contribution in [3.05, 3.63) is 17.7 Å². The van der Waals surface area contributed by atoms with E-state index < -0.39 is 0 Å². The van der Waals surface area contributed by atoms with Crippen LogP contribution in [0.15, 0.2) is 12.2 Å². The lowest BCUT2D eigenvalue weighted by atomic mass is 10.0. The maximum atomic E-state index is 11.8. The SMILES string of the molecule is [N-]=[N+]=C1CCCCC/C=C/CCCCCCCC1=O. The van der Waals surface area contributed by atoms with Crippen LogP contribution in [0.3, 0.4) is 0 Å². The molecule has 0 unspecified atom stereocenters. The monoisotopic (exact) mass is 262 g/mol. The van der Waals surface area contributed by atoms with Crippen LogP contribution in [0.1, 0.15) is 77.0 Å². The van der Waals surface area contributed by atoms with Crippen LogP contribution >= 0.6 is 0 Å². The molecule has 0 saturated carbocycles. The highest BCUT2D eigenvalue weighted by Gasteiger charge is 2.18. The zero-order chi connectivity index (χ0) is 13.8. The topological polar surface area (TPSA) is 53.5 Å². The van der Waals surface area contributed by atoms with Gasteiger partial charge in [0.2, 0.25) is 5.78 Å². The van der Waals surface area contributed by atoms with Gasteiger partial charge in [0.05, 0.1) is 6.42 Å². The number of carbonyl (C=O) groups is 1. The van der Waals surface area contributed by atoms with Crippen LogP contribution in [-0.2, 0) is 4.79 Å². The number of carbonyl (C=O) groups excluding carboxylic acids is 1. The van der Waals surface area contributed by atoms with Gasteiger partial charge in [0.15, 0.2) is 0 Å². The van der Waals surface area contributed by atoms with E-state index in [1.807, 2.05) is 0 Å². The number of hydrogen-bond donors (Lipinski definition) is 0. The highest BCUT2D eigenvalue weighted by Crippen LogP contribution is 2.11. The van der Waals surface area contributed by atoms with Gasteiger partial charge in [0.1, 0.15) is 0 Å². The third-order valence-electron chi connectivity index (χ3n) is 3.67. The predicted molar refractivity (Wildman–Crippen MR) is 78.2 cm³/mol. The average Bonchev–Trinajstić information content (AvgIpc) is 2.42. The maximum absolute atomic E-state index is 11.8. The molecule has 3 nitrogen and oxygen atoms in total. The molecule has 0 radical (unpaired) electrons. The minimum absolute atomic E-state index is 0.0366. The van der Waals surface area contributed by atoms with Crippen molar-refractivity contribution in [3.63, 3.8) is 0 Å². The van der Waals surface area contributed by atoms with E-state index in [4.69, 9.17) is 5.53 Å². The lowest BCUT2D eigenvalue weighted by Crippen LogP contribution is -2.15. The summed E-state index contributed by atoms with van der Waals surface area (Å²) in [5.41, 5.74) is 9.28. The molecule has 0 aliphatic heterocycles. The molecule has 0 N–H and O–H groups in total. The van der Waals surface area contributed by atoms with E-state index in [1.54, 1.807) is 0 Å². The van der Waals surface area contributed by atoms with E-state index in [0.29, 0.717) is 18.6 Å². The van der Waals surface area contributed by atoms with Crippen LogP contribution in [0.4, 0.5) is 0 Å². The van der Waals surface area contributed by atoms with Crippen molar-refractivity contribution < 1.29 is 9.58 Å². The highest BCUT2D eigenvalue weighted by molar-refractivity contribution is 6.37. The Morgan fingerprint density at radius 3 is 2.00 bits per heavy atom. The maximum Gasteiger partial charge on any atom is 0.334 e. The smallest absolute Gasteiger partial charge is 0.334 e. The Morgan fingerprint density at radius 1 is 0.789 bits per heavy atom. The molecular formula is C16H26N2O. The Balaban J connectivity index is 2.41. The van der Waals surface area contributed by atoms with Gasteiger partial charge in [-0.15, -0.1) is 0 Å². The van der Waals surface area contributed by atoms with Crippen LogP contribution in [0.5, 0.6) is 0 Å². The molecule has 0 aromatic carbocycles. The molecule has 0 heterocycles. The standard InChI is InChI=1S/C16H26N2O/c17-18-15-13-11-9-7-5-3-1-2-4-6-8-10-12-14-16(15)19/h1,3H,2,4-14H2/b3-1+. The first-order valence-corrected chi connectivity index (χ1v) is 7.73. The summed E-state index contributed by atoms with van der Waals surface area (Å²) in [5, 5.41) is 0. The Kier molecular flexibility index (Phi) is 8.91. The first-order valence-electron chi connectivity index (χ1n) is 7.73. The van der Waals surface area contributed by atoms with E-state index in [9.17, 15) is 4.79 Å². The van der Waals surface area contributed by atoms with E-state index >= 15 is 0 Å². The van der Waals surface area contributed by atoms with Gasteiger partial charge in [0, 0.05) is 6.42 Å². The number of ketones is 1. The molecule has 1 aliphatic carbocycles. The van der Waals surface area contributed by atoms with Gasteiger partial charge in [-0.3, -0.25) is 4.79 Å². The van der Waals surface area contributed by atoms with Crippen LogP contribution in [0.25, 0.3) is 5.53 Å². The fourth-order valence-corrected chi connectivity index (χ4v) is 2.43. The van der Waals surface area contributed by atoms with Crippen LogP contribution in [-0.4, -0.2) is 16.3 Å². The number of hydrogen-bond acceptors (Lipinski definition) is 1. The summed E-state index contributed by atoms with van der Waals surface area (Å²) in [6, 6.07) is 0. The summed E-state index contributed by atoms with van der Waals surface area (Å²) in [4.78, 5) is 15.0. The number of Topliss-reactive ketones (excluding diaryl/α,β-unsaturated/α-hetero) is 1. The molecule has 0 fully saturated rings. The van der Waals surface area contributed by atoms with E-state index in [-0.39, 0.29) is 5.78 Å². The second-order valence-corrected chi connectivity index (χ2v) is 5.35. The van der Waals surface area contributed by atoms with Crippen molar-refractivity contribution in [2.75, 3.05) is 0 Å². The summed E-state index contributed by atoms with van der Waals surface area (Å²) in [7, 11) is 0. The van der Waals surface area contributed by atoms with Crippen molar-refractivity contribution in [1.82, 2.24) is 0 Å². The van der Waals surface area contributed by atoms with Crippen molar-refractivity contribution in [1.29, 1.82) is 0 Å². The van der Waals surface area contributed by atoms with Gasteiger partial charge in [-0.05, 0) is 38.5 Å². The molecule has 0 atom stereocenters. The first-order chi connectivity index (χ1) is 9.34. The molecule has 106 valence electrons. The first kappa shape index (κ1) is 15.8. The summed E-state index contributed by atoms with van der Waals surface area (Å²) in [6.45, 7) is 0. The number of allylic oxidation sites excluding steroid dienone is 2. The largest absolute Gasteiger partial charge is 0.361 e. The molecule has 19 heavy (non-hydrogen) atoms. The van der Waals surface area contributed by atoms with E-state index in [1.165, 1.54) is 25.7 Å². The quantitative estimate of drug-likeness (QED) is 0.361. The Morgan fingerprint density at radius 2 is 1.32 bits per heavy atom. The molecular weight excluding hydrogens is 236 g/mol. The molecule has 1 aliphatic rings. The molecule has 0 spiro atoms. The van der Waals surface area contributed by atoms with Gasteiger partial charge in [-0.1, -0.05) is 37.8 Å². The zero-order valence-corrected chi connectivity index (χ0v) is 11.9. The summed E-state index contributed by atoms with van der Waals surface area (Å²) in [6.07, 6.45) is 17.0. The molecule has 0 aromatic heterocycles. The third-order valence-corrected chi connectivity index (χ3v) is 3.67. The third kappa shape index (κ3) is 7.74. The lowest BCUT2D eigenvalue weighted by Gasteiger charge is -2.01. The Bertz CT molecular complexity index is 341. The minimum atomic E-state index is 0.0366. The van der Waals surface area contributed by atoms with Crippen molar-refractivity contribution in [3.8, 4) is 0 Å². The van der Waals surface area contributed by atoms with Gasteiger partial charge in [0.25, 0.3) is 0 Å². The van der Waals surface area contributed by atoms with Gasteiger partial charge >= 0.3 is 5.71 Å². The normalized spacial score (nSPS) is 22.7. The highest BCUT2D eigenvalue weighted by atomic mass is 16.1. The molecule has 0 aromatic rings. The van der Waals surface area contributed by atoms with Gasteiger partial charge < -0.3 is 5.53 Å². The minimum Gasteiger partial charge on any atom is -0.361 e. The molecule has 0 saturated heterocycles. The fourth-order valence-electron chi connectivity index (χ4n) is 2.43. The van der Waals surface area contributed by atoms with E-state index in [0.717, 1.165) is 38.5 Å². The van der Waals surface area contributed by atoms with Crippen LogP contribution in [0, 0.1) is 0 Å². The second kappa shape index (κ2) is 10.7. The molecule has 0 bridgehead atoms. The number of nitrogens with zero attached hydrogens (tertiary/aromatic N) is 2. The zero-order valence-electron chi connectivity index (χ0n) is 11.9. The van der Waals surface area contributed by atoms with Crippen molar-refractivity contribution in [2.45, 2.75) is 77.0 Å². The molecule has 1 rings (SSSR count). The molecule has 0 amide bonds. The Hall–Kier alpha value is -1.21.